The summed E-state index contributed by atoms with van der Waals surface area (Å²) in [7, 11) is 0. The molecule has 0 N–H and O–H groups in total. The van der Waals surface area contributed by atoms with Crippen LogP contribution in [-0.4, -0.2) is 4.57 Å². The van der Waals surface area contributed by atoms with Gasteiger partial charge in [0.05, 0.1) is 16.7 Å². The molecule has 1 heterocycles. The Morgan fingerprint density at radius 1 is 0.354 bits per heavy atom. The van der Waals surface area contributed by atoms with Crippen LogP contribution in [0.25, 0.3) is 93.2 Å². The maximum atomic E-state index is 2.55. The van der Waals surface area contributed by atoms with Crippen molar-refractivity contribution in [3.63, 3.8) is 0 Å². The third kappa shape index (κ3) is 5.74. The number of nitrogens with zero attached hydrogens (tertiary/aromatic N) is 2. The van der Waals surface area contributed by atoms with Gasteiger partial charge in [0, 0.05) is 44.0 Å². The second kappa shape index (κ2) is 14.4. The maximum absolute atomic E-state index is 2.55. The van der Waals surface area contributed by atoms with Gasteiger partial charge in [-0.2, -0.15) is 0 Å². The molecule has 0 spiro atoms. The summed E-state index contributed by atoms with van der Waals surface area (Å²) in [6, 6.07) is 85.2. The van der Waals surface area contributed by atoms with Crippen LogP contribution in [0, 0.1) is 0 Å². The van der Waals surface area contributed by atoms with Crippen LogP contribution in [0.3, 0.4) is 0 Å². The first-order valence-electron chi connectivity index (χ1n) is 22.7. The van der Waals surface area contributed by atoms with Crippen molar-refractivity contribution in [1.29, 1.82) is 0 Å². The lowest BCUT2D eigenvalue weighted by Crippen LogP contribution is -2.16. The van der Waals surface area contributed by atoms with Gasteiger partial charge in [0.25, 0.3) is 0 Å². The van der Waals surface area contributed by atoms with Crippen molar-refractivity contribution in [2.24, 2.45) is 0 Å². The zero-order chi connectivity index (χ0) is 43.2. The number of fused-ring (bicyclic) bond motifs is 11. The second-order valence-electron chi connectivity index (χ2n) is 18.1. The van der Waals surface area contributed by atoms with E-state index in [1.54, 1.807) is 0 Å². The van der Waals surface area contributed by atoms with Gasteiger partial charge in [-0.25, -0.2) is 0 Å². The van der Waals surface area contributed by atoms with Crippen molar-refractivity contribution >= 4 is 71.2 Å². The molecule has 2 nitrogen and oxygen atoms in total. The highest BCUT2D eigenvalue weighted by molar-refractivity contribution is 6.25. The first-order valence-corrected chi connectivity index (χ1v) is 22.7. The first kappa shape index (κ1) is 37.4. The van der Waals surface area contributed by atoms with Crippen molar-refractivity contribution < 1.29 is 0 Å². The second-order valence-corrected chi connectivity index (χ2v) is 18.1. The summed E-state index contributed by atoms with van der Waals surface area (Å²) >= 11 is 0. The Morgan fingerprint density at radius 3 is 1.72 bits per heavy atom. The van der Waals surface area contributed by atoms with Crippen molar-refractivity contribution in [3.05, 3.63) is 242 Å². The molecule has 65 heavy (non-hydrogen) atoms. The maximum Gasteiger partial charge on any atom is 0.0625 e. The van der Waals surface area contributed by atoms with Gasteiger partial charge in [-0.05, 0) is 127 Å². The molecule has 1 aliphatic carbocycles. The topological polar surface area (TPSA) is 8.17 Å². The monoisotopic (exact) mass is 828 g/mol. The molecule has 0 atom stereocenters. The van der Waals surface area contributed by atoms with Gasteiger partial charge in [-0.1, -0.05) is 184 Å². The Kier molecular flexibility index (Phi) is 8.29. The standard InChI is InChI=1S/C63H44N2/c1-63(2)57-28-16-15-26-52(57)53-35-34-48(40-58(53)63)64(46-21-7-4-8-22-46)47-32-29-41(30-33-47)43-31-36-59-56(37-43)61-55(42-17-5-3-6-18-42)38-44-19-10-12-24-50(44)62(61)65(59)60-39-45-20-9-11-23-49(45)51-25-13-14-27-54(51)60/h3-40H,1-2H3. The zero-order valence-corrected chi connectivity index (χ0v) is 36.3. The molecular weight excluding hydrogens is 785 g/mol. The van der Waals surface area contributed by atoms with Gasteiger partial charge in [0.15, 0.2) is 0 Å². The molecule has 0 fully saturated rings. The summed E-state index contributed by atoms with van der Waals surface area (Å²) in [5.74, 6) is 0. The molecule has 1 aliphatic rings. The average molecular weight is 829 g/mol. The van der Waals surface area contributed by atoms with E-state index < -0.39 is 0 Å². The molecule has 2 heteroatoms. The van der Waals surface area contributed by atoms with E-state index in [2.05, 4.69) is 254 Å². The van der Waals surface area contributed by atoms with Gasteiger partial charge in [0.1, 0.15) is 0 Å². The lowest BCUT2D eigenvalue weighted by molar-refractivity contribution is 0.660. The van der Waals surface area contributed by atoms with E-state index in [0.717, 1.165) is 17.1 Å². The fourth-order valence-electron chi connectivity index (χ4n) is 11.0. The fraction of sp³-hybridized carbons (Fsp3) is 0.0476. The van der Waals surface area contributed by atoms with E-state index in [1.807, 2.05) is 0 Å². The van der Waals surface area contributed by atoms with Crippen molar-refractivity contribution in [1.82, 2.24) is 4.57 Å². The predicted molar refractivity (Wildman–Crippen MR) is 276 cm³/mol. The van der Waals surface area contributed by atoms with Gasteiger partial charge < -0.3 is 9.47 Å². The predicted octanol–water partition coefficient (Wildman–Crippen LogP) is 17.4. The van der Waals surface area contributed by atoms with E-state index >= 15 is 0 Å². The number of para-hydroxylation sites is 1. The van der Waals surface area contributed by atoms with Crippen LogP contribution in [-0.2, 0) is 5.41 Å². The van der Waals surface area contributed by atoms with Crippen molar-refractivity contribution in [3.8, 4) is 39.1 Å². The molecule has 13 rings (SSSR count). The SMILES string of the molecule is CC1(C)c2ccccc2-c2ccc(N(c3ccccc3)c3ccc(-c4ccc5c(c4)c4c(-c6ccccc6)cc6ccccc6c4n5-c4cc5ccccc5c5ccccc45)cc3)cc21. The Hall–Kier alpha value is -8.20. The molecule has 0 bridgehead atoms. The van der Waals surface area contributed by atoms with E-state index in [0.29, 0.717) is 0 Å². The van der Waals surface area contributed by atoms with E-state index in [9.17, 15) is 0 Å². The molecule has 0 radical (unpaired) electrons. The number of hydrogen-bond donors (Lipinski definition) is 0. The molecule has 11 aromatic carbocycles. The molecule has 306 valence electrons. The summed E-state index contributed by atoms with van der Waals surface area (Å²) in [4.78, 5) is 2.39. The van der Waals surface area contributed by atoms with Crippen LogP contribution in [0.2, 0.25) is 0 Å². The average Bonchev–Trinajstić information content (AvgIpc) is 3.82. The van der Waals surface area contributed by atoms with Gasteiger partial charge in [0.2, 0.25) is 0 Å². The Labute approximate surface area is 378 Å². The minimum atomic E-state index is -0.0933. The minimum Gasteiger partial charge on any atom is -0.310 e. The molecule has 0 saturated heterocycles. The van der Waals surface area contributed by atoms with Gasteiger partial charge in [-0.15, -0.1) is 0 Å². The number of aromatic nitrogens is 1. The molecular formula is C63H44N2. The lowest BCUT2D eigenvalue weighted by atomic mass is 9.82. The quantitative estimate of drug-likeness (QED) is 0.152. The van der Waals surface area contributed by atoms with Crippen LogP contribution in [0.1, 0.15) is 25.0 Å². The molecule has 0 unspecified atom stereocenters. The number of hydrogen-bond acceptors (Lipinski definition) is 1. The fourth-order valence-corrected chi connectivity index (χ4v) is 11.0. The highest BCUT2D eigenvalue weighted by Gasteiger charge is 2.35. The van der Waals surface area contributed by atoms with Gasteiger partial charge in [-0.3, -0.25) is 0 Å². The molecule has 1 aromatic heterocycles. The normalized spacial score (nSPS) is 12.9. The smallest absolute Gasteiger partial charge is 0.0625 e. The highest BCUT2D eigenvalue weighted by atomic mass is 15.1. The zero-order valence-electron chi connectivity index (χ0n) is 36.3. The van der Waals surface area contributed by atoms with Gasteiger partial charge >= 0.3 is 0 Å². The molecule has 0 amide bonds. The van der Waals surface area contributed by atoms with E-state index in [-0.39, 0.29) is 5.41 Å². The molecule has 0 saturated carbocycles. The summed E-state index contributed by atoms with van der Waals surface area (Å²) in [5.41, 5.74) is 17.1. The van der Waals surface area contributed by atoms with Crippen LogP contribution in [0.5, 0.6) is 0 Å². The third-order valence-corrected chi connectivity index (χ3v) is 14.1. The molecule has 12 aromatic rings. The third-order valence-electron chi connectivity index (χ3n) is 14.1. The summed E-state index contributed by atoms with van der Waals surface area (Å²) in [6.45, 7) is 4.71. The summed E-state index contributed by atoms with van der Waals surface area (Å²) in [6.07, 6.45) is 0. The summed E-state index contributed by atoms with van der Waals surface area (Å²) in [5, 5.41) is 9.95. The lowest BCUT2D eigenvalue weighted by Gasteiger charge is -2.28. The Bertz CT molecular complexity index is 3840. The van der Waals surface area contributed by atoms with Crippen LogP contribution in [0.15, 0.2) is 231 Å². The Balaban J connectivity index is 1.01. The minimum absolute atomic E-state index is 0.0933. The van der Waals surface area contributed by atoms with Crippen LogP contribution in [0.4, 0.5) is 17.1 Å². The first-order chi connectivity index (χ1) is 32.0. The number of rotatable bonds is 6. The number of anilines is 3. The Morgan fingerprint density at radius 2 is 0.938 bits per heavy atom. The molecule has 0 aliphatic heterocycles. The largest absolute Gasteiger partial charge is 0.310 e. The van der Waals surface area contributed by atoms with E-state index in [4.69, 9.17) is 0 Å². The van der Waals surface area contributed by atoms with Crippen molar-refractivity contribution in [2.45, 2.75) is 19.3 Å². The van der Waals surface area contributed by atoms with Crippen LogP contribution >= 0.6 is 0 Å². The number of benzene rings is 11. The summed E-state index contributed by atoms with van der Waals surface area (Å²) < 4.78 is 2.55. The highest BCUT2D eigenvalue weighted by Crippen LogP contribution is 2.51. The van der Waals surface area contributed by atoms with E-state index in [1.165, 1.54) is 104 Å². The van der Waals surface area contributed by atoms with Crippen molar-refractivity contribution in [2.75, 3.05) is 4.90 Å². The van der Waals surface area contributed by atoms with Crippen LogP contribution < -0.4 is 4.90 Å².